The van der Waals surface area contributed by atoms with Crippen LogP contribution in [0.2, 0.25) is 0 Å². The summed E-state index contributed by atoms with van der Waals surface area (Å²) in [6.45, 7) is 6.30. The van der Waals surface area contributed by atoms with Crippen LogP contribution in [0.25, 0.3) is 0 Å². The van der Waals surface area contributed by atoms with Crippen LogP contribution in [0.3, 0.4) is 0 Å². The highest BCUT2D eigenvalue weighted by Crippen LogP contribution is 2.37. The third kappa shape index (κ3) is 3.23. The highest BCUT2D eigenvalue weighted by molar-refractivity contribution is 4.92. The minimum atomic E-state index is 0.811. The van der Waals surface area contributed by atoms with Gasteiger partial charge in [0.2, 0.25) is 0 Å². The fraction of sp³-hybridized carbons (Fsp3) is 1.00. The van der Waals surface area contributed by atoms with Crippen molar-refractivity contribution < 1.29 is 0 Å². The molecule has 1 saturated heterocycles. The van der Waals surface area contributed by atoms with Crippen LogP contribution < -0.4 is 5.32 Å². The van der Waals surface area contributed by atoms with Crippen molar-refractivity contribution in [3.05, 3.63) is 0 Å². The molecule has 2 aliphatic carbocycles. The van der Waals surface area contributed by atoms with E-state index in [1.807, 2.05) is 0 Å². The van der Waals surface area contributed by atoms with Crippen LogP contribution in [-0.2, 0) is 0 Å². The van der Waals surface area contributed by atoms with Crippen LogP contribution in [0.4, 0.5) is 0 Å². The van der Waals surface area contributed by atoms with Crippen molar-refractivity contribution in [2.24, 2.45) is 11.8 Å². The van der Waals surface area contributed by atoms with Gasteiger partial charge in [-0.25, -0.2) is 0 Å². The molecule has 3 fully saturated rings. The predicted octanol–water partition coefficient (Wildman–Crippen LogP) is 2.64. The van der Waals surface area contributed by atoms with Crippen LogP contribution in [0.5, 0.6) is 0 Å². The van der Waals surface area contributed by atoms with Crippen molar-refractivity contribution in [2.45, 2.75) is 64.0 Å². The molecule has 2 nitrogen and oxygen atoms in total. The third-order valence-electron chi connectivity index (χ3n) is 4.94. The van der Waals surface area contributed by atoms with E-state index in [1.54, 1.807) is 0 Å². The lowest BCUT2D eigenvalue weighted by molar-refractivity contribution is 0.168. The number of hydrogen-bond acceptors (Lipinski definition) is 2. The molecule has 2 atom stereocenters. The zero-order valence-electron chi connectivity index (χ0n) is 11.3. The van der Waals surface area contributed by atoms with E-state index in [0.717, 1.165) is 23.9 Å². The van der Waals surface area contributed by atoms with E-state index < -0.39 is 0 Å². The molecule has 0 spiro atoms. The molecule has 2 heteroatoms. The molecule has 2 unspecified atom stereocenters. The van der Waals surface area contributed by atoms with Crippen molar-refractivity contribution in [3.63, 3.8) is 0 Å². The molecule has 17 heavy (non-hydrogen) atoms. The summed E-state index contributed by atoms with van der Waals surface area (Å²) >= 11 is 0. The topological polar surface area (TPSA) is 15.3 Å². The summed E-state index contributed by atoms with van der Waals surface area (Å²) in [7, 11) is 0. The van der Waals surface area contributed by atoms with Crippen LogP contribution in [0.15, 0.2) is 0 Å². The molecule has 0 radical (unpaired) electrons. The number of nitrogens with zero attached hydrogens (tertiary/aromatic N) is 1. The Hall–Kier alpha value is -0.0800. The van der Waals surface area contributed by atoms with Gasteiger partial charge in [0, 0.05) is 18.6 Å². The molecule has 0 bridgehead atoms. The highest BCUT2D eigenvalue weighted by Gasteiger charge is 2.35. The molecule has 0 aromatic heterocycles. The Labute approximate surface area is 106 Å². The Bertz CT molecular complexity index is 245. The van der Waals surface area contributed by atoms with Gasteiger partial charge in [-0.05, 0) is 57.0 Å². The van der Waals surface area contributed by atoms with Crippen LogP contribution in [0, 0.1) is 11.8 Å². The molecule has 3 rings (SSSR count). The fourth-order valence-electron chi connectivity index (χ4n) is 3.44. The van der Waals surface area contributed by atoms with E-state index in [9.17, 15) is 0 Å². The van der Waals surface area contributed by atoms with Gasteiger partial charge in [-0.2, -0.15) is 0 Å². The van der Waals surface area contributed by atoms with Crippen molar-refractivity contribution in [1.82, 2.24) is 10.2 Å². The first-order chi connectivity index (χ1) is 8.36. The van der Waals surface area contributed by atoms with E-state index in [4.69, 9.17) is 0 Å². The van der Waals surface area contributed by atoms with Crippen LogP contribution in [0.1, 0.15) is 51.9 Å². The Morgan fingerprint density at radius 3 is 2.71 bits per heavy atom. The maximum absolute atomic E-state index is 3.78. The summed E-state index contributed by atoms with van der Waals surface area (Å²) < 4.78 is 0. The molecule has 1 N–H and O–H groups in total. The minimum absolute atomic E-state index is 0.811. The normalized spacial score (nSPS) is 33.4. The van der Waals surface area contributed by atoms with Crippen molar-refractivity contribution >= 4 is 0 Å². The Balaban J connectivity index is 1.57. The smallest absolute Gasteiger partial charge is 0.0223 e. The lowest BCUT2D eigenvalue weighted by atomic mass is 10.0. The molecule has 0 aromatic carbocycles. The lowest BCUT2D eigenvalue weighted by Gasteiger charge is -2.32. The van der Waals surface area contributed by atoms with Crippen molar-refractivity contribution in [1.29, 1.82) is 0 Å². The second kappa shape index (κ2) is 5.27. The zero-order chi connectivity index (χ0) is 11.7. The summed E-state index contributed by atoms with van der Waals surface area (Å²) in [5.41, 5.74) is 0. The summed E-state index contributed by atoms with van der Waals surface area (Å²) in [5.74, 6) is 2.09. The molecular weight excluding hydrogens is 208 g/mol. The Morgan fingerprint density at radius 1 is 1.24 bits per heavy atom. The first-order valence-corrected chi connectivity index (χ1v) is 7.84. The average Bonchev–Trinajstić information content (AvgIpc) is 3.21. The highest BCUT2D eigenvalue weighted by atomic mass is 15.2. The number of hydrogen-bond donors (Lipinski definition) is 1. The second-order valence-electron chi connectivity index (χ2n) is 6.49. The molecule has 98 valence electrons. The van der Waals surface area contributed by atoms with E-state index in [2.05, 4.69) is 17.1 Å². The van der Waals surface area contributed by atoms with Crippen molar-refractivity contribution in [3.8, 4) is 0 Å². The predicted molar refractivity (Wildman–Crippen MR) is 72.1 cm³/mol. The summed E-state index contributed by atoms with van der Waals surface area (Å²) in [6.07, 6.45) is 10.2. The quantitative estimate of drug-likeness (QED) is 0.789. The van der Waals surface area contributed by atoms with Gasteiger partial charge >= 0.3 is 0 Å². The van der Waals surface area contributed by atoms with E-state index in [0.29, 0.717) is 0 Å². The maximum atomic E-state index is 3.78. The summed E-state index contributed by atoms with van der Waals surface area (Å²) in [4.78, 5) is 2.82. The van der Waals surface area contributed by atoms with E-state index in [-0.39, 0.29) is 0 Å². The largest absolute Gasteiger partial charge is 0.312 e. The molecular formula is C15H28N2. The number of rotatable bonds is 5. The van der Waals surface area contributed by atoms with E-state index >= 15 is 0 Å². The van der Waals surface area contributed by atoms with Gasteiger partial charge in [-0.3, -0.25) is 4.90 Å². The molecule has 2 saturated carbocycles. The van der Waals surface area contributed by atoms with Crippen molar-refractivity contribution in [2.75, 3.05) is 19.6 Å². The molecule has 3 aliphatic rings. The van der Waals surface area contributed by atoms with Gasteiger partial charge in [0.15, 0.2) is 0 Å². The standard InChI is InChI=1S/C15H28N2/c1-2-14(10-12-4-5-12)17-9-3-8-16-15(11-17)13-6-7-13/h12-16H,2-11H2,1H3. The molecule has 1 aliphatic heterocycles. The fourth-order valence-corrected chi connectivity index (χ4v) is 3.44. The van der Waals surface area contributed by atoms with Gasteiger partial charge < -0.3 is 5.32 Å². The SMILES string of the molecule is CCC(CC1CC1)N1CCCNC(C2CC2)C1. The van der Waals surface area contributed by atoms with Crippen LogP contribution >= 0.6 is 0 Å². The maximum Gasteiger partial charge on any atom is 0.0223 e. The monoisotopic (exact) mass is 236 g/mol. The Morgan fingerprint density at radius 2 is 2.06 bits per heavy atom. The number of nitrogens with one attached hydrogen (secondary N) is 1. The second-order valence-corrected chi connectivity index (χ2v) is 6.49. The average molecular weight is 236 g/mol. The Kier molecular flexibility index (Phi) is 3.72. The molecule has 0 amide bonds. The first-order valence-electron chi connectivity index (χ1n) is 7.84. The molecule has 1 heterocycles. The van der Waals surface area contributed by atoms with Gasteiger partial charge in [0.25, 0.3) is 0 Å². The summed E-state index contributed by atoms with van der Waals surface area (Å²) in [6, 6.07) is 1.69. The van der Waals surface area contributed by atoms with E-state index in [1.165, 1.54) is 64.6 Å². The van der Waals surface area contributed by atoms with Gasteiger partial charge in [0.1, 0.15) is 0 Å². The third-order valence-corrected chi connectivity index (χ3v) is 4.94. The first kappa shape index (κ1) is 12.0. The summed E-state index contributed by atoms with van der Waals surface area (Å²) in [5, 5.41) is 3.78. The van der Waals surface area contributed by atoms with Crippen LogP contribution in [-0.4, -0.2) is 36.6 Å². The molecule has 0 aromatic rings. The van der Waals surface area contributed by atoms with Gasteiger partial charge in [0.05, 0.1) is 0 Å². The minimum Gasteiger partial charge on any atom is -0.312 e. The van der Waals surface area contributed by atoms with Gasteiger partial charge in [-0.1, -0.05) is 19.8 Å². The lowest BCUT2D eigenvalue weighted by Crippen LogP contribution is -2.43. The van der Waals surface area contributed by atoms with Gasteiger partial charge in [-0.15, -0.1) is 0 Å². The zero-order valence-corrected chi connectivity index (χ0v) is 11.3.